The fourth-order valence-corrected chi connectivity index (χ4v) is 4.29. The van der Waals surface area contributed by atoms with Crippen LogP contribution in [0.5, 0.6) is 0 Å². The first-order valence-electron chi connectivity index (χ1n) is 9.26. The topological polar surface area (TPSA) is 83.6 Å². The maximum absolute atomic E-state index is 12.8. The Morgan fingerprint density at radius 2 is 1.48 bits per heavy atom. The Kier molecular flexibility index (Phi) is 5.06. The molecule has 1 aliphatic carbocycles. The Labute approximate surface area is 148 Å². The molecule has 3 rings (SSSR count). The van der Waals surface area contributed by atoms with Gasteiger partial charge in [0.1, 0.15) is 0 Å². The molecule has 6 nitrogen and oxygen atoms in total. The minimum Gasteiger partial charge on any atom is -0.374 e. The summed E-state index contributed by atoms with van der Waals surface area (Å²) in [5.41, 5.74) is 1.12. The van der Waals surface area contributed by atoms with Gasteiger partial charge in [0.15, 0.2) is 11.6 Å². The fraction of sp³-hybridized carbons (Fsp3) is 0.684. The molecule has 2 amide bonds. The number of rotatable bonds is 3. The number of nitrogens with one attached hydrogen (secondary N) is 1. The van der Waals surface area contributed by atoms with Crippen LogP contribution in [0.4, 0.5) is 0 Å². The molecule has 0 spiro atoms. The van der Waals surface area contributed by atoms with Crippen LogP contribution < -0.4 is 5.32 Å². The van der Waals surface area contributed by atoms with Crippen molar-refractivity contribution in [2.24, 2.45) is 17.8 Å². The van der Waals surface area contributed by atoms with E-state index >= 15 is 0 Å². The van der Waals surface area contributed by atoms with Gasteiger partial charge in [-0.1, -0.05) is 13.8 Å². The maximum atomic E-state index is 12.8. The zero-order valence-electron chi connectivity index (χ0n) is 15.0. The number of Topliss-reactive ketones (excluding diaryl/α,β-unsaturated/α-hetero) is 2. The zero-order chi connectivity index (χ0) is 18.1. The van der Waals surface area contributed by atoms with Crippen LogP contribution in [0.15, 0.2) is 11.3 Å². The van der Waals surface area contributed by atoms with E-state index in [0.29, 0.717) is 18.4 Å². The monoisotopic (exact) mass is 346 g/mol. The predicted octanol–water partition coefficient (Wildman–Crippen LogP) is 1.59. The van der Waals surface area contributed by atoms with Gasteiger partial charge in [-0.05, 0) is 31.6 Å². The molecule has 3 aliphatic rings. The van der Waals surface area contributed by atoms with Crippen molar-refractivity contribution < 1.29 is 19.2 Å². The van der Waals surface area contributed by atoms with Crippen LogP contribution in [-0.2, 0) is 19.2 Å². The molecule has 0 aromatic rings. The molecule has 25 heavy (non-hydrogen) atoms. The van der Waals surface area contributed by atoms with Gasteiger partial charge in [-0.3, -0.25) is 24.5 Å². The van der Waals surface area contributed by atoms with Crippen LogP contribution in [0.2, 0.25) is 0 Å². The average molecular weight is 346 g/mol. The molecule has 0 radical (unpaired) electrons. The van der Waals surface area contributed by atoms with Gasteiger partial charge in [-0.15, -0.1) is 0 Å². The number of amides is 2. The van der Waals surface area contributed by atoms with Gasteiger partial charge in [0.05, 0.1) is 5.57 Å². The maximum Gasteiger partial charge on any atom is 0.226 e. The van der Waals surface area contributed by atoms with E-state index in [0.717, 1.165) is 31.6 Å². The summed E-state index contributed by atoms with van der Waals surface area (Å²) in [6.07, 6.45) is 3.65. The molecule has 3 fully saturated rings. The molecule has 2 saturated heterocycles. The molecule has 0 unspecified atom stereocenters. The molecular weight excluding hydrogens is 320 g/mol. The van der Waals surface area contributed by atoms with Crippen molar-refractivity contribution in [3.8, 4) is 0 Å². The summed E-state index contributed by atoms with van der Waals surface area (Å²) < 4.78 is 0. The van der Waals surface area contributed by atoms with Crippen LogP contribution in [0, 0.1) is 17.8 Å². The van der Waals surface area contributed by atoms with E-state index in [4.69, 9.17) is 0 Å². The van der Waals surface area contributed by atoms with Crippen molar-refractivity contribution in [3.05, 3.63) is 11.3 Å². The molecule has 1 N–H and O–H groups in total. The number of carbonyl (C=O) groups is 4. The van der Waals surface area contributed by atoms with Gasteiger partial charge in [-0.2, -0.15) is 0 Å². The molecule has 6 heteroatoms. The second kappa shape index (κ2) is 7.10. The number of allylic oxidation sites excluding steroid dienone is 2. The molecule has 0 bridgehead atoms. The first kappa shape index (κ1) is 17.8. The largest absolute Gasteiger partial charge is 0.374 e. The van der Waals surface area contributed by atoms with E-state index in [1.807, 2.05) is 13.8 Å². The van der Waals surface area contributed by atoms with E-state index in [1.54, 1.807) is 0 Å². The second-order valence-electron chi connectivity index (χ2n) is 7.73. The Balaban J connectivity index is 1.96. The molecular formula is C19H26N2O4. The summed E-state index contributed by atoms with van der Waals surface area (Å²) in [6.45, 7) is 5.42. The Bertz CT molecular complexity index is 608. The first-order valence-corrected chi connectivity index (χ1v) is 9.26. The highest BCUT2D eigenvalue weighted by atomic mass is 16.2. The molecule has 2 heterocycles. The third-order valence-electron chi connectivity index (χ3n) is 5.58. The van der Waals surface area contributed by atoms with Crippen LogP contribution in [0.3, 0.4) is 0 Å². The lowest BCUT2D eigenvalue weighted by atomic mass is 9.76. The Hall–Kier alpha value is -1.98. The fourth-order valence-electron chi connectivity index (χ4n) is 4.29. The predicted molar refractivity (Wildman–Crippen MR) is 91.3 cm³/mol. The van der Waals surface area contributed by atoms with Gasteiger partial charge >= 0.3 is 0 Å². The number of ketones is 2. The number of hydrogen-bond acceptors (Lipinski definition) is 5. The third-order valence-corrected chi connectivity index (χ3v) is 5.58. The molecule has 2 aliphatic heterocycles. The van der Waals surface area contributed by atoms with Crippen LogP contribution in [0.25, 0.3) is 0 Å². The number of hydrogen-bond donors (Lipinski definition) is 1. The SMILES string of the molecule is C[C@@H]1C[C@@H](C)C(=O)C(=C(CC2CC(=O)NC(=O)C2)N2CCCC2)C1=O. The van der Waals surface area contributed by atoms with E-state index in [1.165, 1.54) is 0 Å². The van der Waals surface area contributed by atoms with Gasteiger partial charge in [-0.25, -0.2) is 0 Å². The minimum atomic E-state index is -0.268. The summed E-state index contributed by atoms with van der Waals surface area (Å²) in [4.78, 5) is 51.1. The summed E-state index contributed by atoms with van der Waals surface area (Å²) in [5.74, 6) is -1.14. The smallest absolute Gasteiger partial charge is 0.226 e. The number of piperidine rings is 1. The quantitative estimate of drug-likeness (QED) is 0.477. The lowest BCUT2D eigenvalue weighted by Crippen LogP contribution is -2.40. The van der Waals surface area contributed by atoms with Crippen molar-refractivity contribution >= 4 is 23.4 Å². The summed E-state index contributed by atoms with van der Waals surface area (Å²) >= 11 is 0. The van der Waals surface area contributed by atoms with Gasteiger partial charge in [0.2, 0.25) is 11.8 Å². The Morgan fingerprint density at radius 1 is 0.960 bits per heavy atom. The van der Waals surface area contributed by atoms with E-state index < -0.39 is 0 Å². The van der Waals surface area contributed by atoms with Crippen molar-refractivity contribution in [2.45, 2.75) is 52.4 Å². The third kappa shape index (κ3) is 3.67. The number of likely N-dealkylation sites (tertiary alicyclic amines) is 1. The molecule has 2 atom stereocenters. The Morgan fingerprint density at radius 3 is 2.00 bits per heavy atom. The number of imide groups is 1. The summed E-state index contributed by atoms with van der Waals surface area (Å²) in [6, 6.07) is 0. The highest BCUT2D eigenvalue weighted by molar-refractivity contribution is 6.23. The molecule has 0 aromatic carbocycles. The number of carbonyl (C=O) groups excluding carboxylic acids is 4. The van der Waals surface area contributed by atoms with E-state index in [9.17, 15) is 19.2 Å². The molecule has 1 saturated carbocycles. The highest BCUT2D eigenvalue weighted by Gasteiger charge is 2.39. The van der Waals surface area contributed by atoms with Crippen LogP contribution in [0.1, 0.15) is 52.4 Å². The summed E-state index contributed by atoms with van der Waals surface area (Å²) in [7, 11) is 0. The standard InChI is InChI=1S/C19H26N2O4/c1-11-7-12(2)19(25)17(18(11)24)14(21-5-3-4-6-21)8-13-9-15(22)20-16(23)10-13/h11-13H,3-10H2,1-2H3,(H,20,22,23)/t11-,12-/m1/s1. The normalized spacial score (nSPS) is 28.6. The van der Waals surface area contributed by atoms with E-state index in [2.05, 4.69) is 10.2 Å². The lowest BCUT2D eigenvalue weighted by Gasteiger charge is -2.32. The summed E-state index contributed by atoms with van der Waals surface area (Å²) in [5, 5.41) is 2.32. The van der Waals surface area contributed by atoms with Crippen molar-refractivity contribution in [2.75, 3.05) is 13.1 Å². The van der Waals surface area contributed by atoms with Crippen LogP contribution >= 0.6 is 0 Å². The molecule has 0 aromatic heterocycles. The molecule has 136 valence electrons. The zero-order valence-corrected chi connectivity index (χ0v) is 15.0. The van der Waals surface area contributed by atoms with Gasteiger partial charge < -0.3 is 4.90 Å². The highest BCUT2D eigenvalue weighted by Crippen LogP contribution is 2.35. The second-order valence-corrected chi connectivity index (χ2v) is 7.73. The average Bonchev–Trinajstić information content (AvgIpc) is 3.05. The van der Waals surface area contributed by atoms with Crippen LogP contribution in [-0.4, -0.2) is 41.4 Å². The van der Waals surface area contributed by atoms with Crippen molar-refractivity contribution in [1.29, 1.82) is 0 Å². The first-order chi connectivity index (χ1) is 11.9. The van der Waals surface area contributed by atoms with E-state index in [-0.39, 0.29) is 54.0 Å². The minimum absolute atomic E-state index is 0.0726. The van der Waals surface area contributed by atoms with Crippen molar-refractivity contribution in [3.63, 3.8) is 0 Å². The number of nitrogens with zero attached hydrogens (tertiary/aromatic N) is 1. The van der Waals surface area contributed by atoms with Gasteiger partial charge in [0, 0.05) is 43.5 Å². The van der Waals surface area contributed by atoms with Crippen molar-refractivity contribution in [1.82, 2.24) is 10.2 Å². The van der Waals surface area contributed by atoms with Gasteiger partial charge in [0.25, 0.3) is 0 Å². The lowest BCUT2D eigenvalue weighted by molar-refractivity contribution is -0.135.